The number of likely N-dealkylation sites (N-methyl/N-ethyl adjacent to an activating group) is 1. The lowest BCUT2D eigenvalue weighted by Crippen LogP contribution is -3.13. The van der Waals surface area contributed by atoms with Crippen LogP contribution in [0.15, 0.2) is 12.7 Å². The van der Waals surface area contributed by atoms with E-state index in [0.29, 0.717) is 0 Å². The monoisotopic (exact) mass is 443 g/mol. The van der Waals surface area contributed by atoms with E-state index in [0.717, 1.165) is 0 Å². The van der Waals surface area contributed by atoms with E-state index in [-0.39, 0.29) is 17.0 Å². The highest BCUT2D eigenvalue weighted by Gasteiger charge is 2.32. The first kappa shape index (κ1) is 26.9. The topological polar surface area (TPSA) is 7.45 Å². The minimum atomic E-state index is 0. The van der Waals surface area contributed by atoms with Gasteiger partial charge in [-0.1, -0.05) is 70.8 Å². The van der Waals surface area contributed by atoms with E-state index in [1.165, 1.54) is 122 Å². The van der Waals surface area contributed by atoms with Crippen LogP contribution in [0.4, 0.5) is 0 Å². The number of amidine groups is 1. The minimum Gasteiger partial charge on any atom is -1.00 e. The molecule has 1 aliphatic rings. The lowest BCUT2D eigenvalue weighted by molar-refractivity contribution is -0.803. The maximum atomic E-state index is 3.80. The molecule has 0 aromatic carbocycles. The summed E-state index contributed by atoms with van der Waals surface area (Å²) in [6, 6.07) is 0. The van der Waals surface area contributed by atoms with Gasteiger partial charge in [0.25, 0.3) is 0 Å². The van der Waals surface area contributed by atoms with Crippen LogP contribution in [0, 0.1) is 0 Å². The van der Waals surface area contributed by atoms with Crippen molar-refractivity contribution in [2.45, 2.75) is 110 Å². The maximum Gasteiger partial charge on any atom is 0.336 e. The number of hydrogen-bond acceptors (Lipinski definition) is 0. The highest BCUT2D eigenvalue weighted by Crippen LogP contribution is 2.09. The Balaban J connectivity index is 0.00000676. The fourth-order valence-electron chi connectivity index (χ4n) is 4.31. The zero-order chi connectivity index (χ0) is 18.9. The summed E-state index contributed by atoms with van der Waals surface area (Å²) in [5.74, 6) is 1.74. The van der Waals surface area contributed by atoms with Crippen LogP contribution in [-0.2, 0) is 0 Å². The average molecular weight is 445 g/mol. The molecule has 0 fully saturated rings. The van der Waals surface area contributed by atoms with Gasteiger partial charge in [0.05, 0.1) is 13.0 Å². The number of rotatable bonds is 18. The van der Waals surface area contributed by atoms with E-state index in [2.05, 4.69) is 31.1 Å². The molecule has 0 aromatic rings. The van der Waals surface area contributed by atoms with Crippen LogP contribution < -0.4 is 21.9 Å². The van der Waals surface area contributed by atoms with Crippen molar-refractivity contribution >= 4 is 5.84 Å². The summed E-state index contributed by atoms with van der Waals surface area (Å²) >= 11 is 0. The van der Waals surface area contributed by atoms with E-state index < -0.39 is 0 Å². The standard InChI is InChI=1S/C24H47N2.BrH/c1-4-7-9-11-13-14-15-17-19-21-26-23-22-25(6-3)24(26)20-18-16-12-10-8-5-2;/h4H,1,5-23H2,2-3H3;1H/q+1;. The molecule has 0 saturated carbocycles. The Morgan fingerprint density at radius 1 is 0.852 bits per heavy atom. The summed E-state index contributed by atoms with van der Waals surface area (Å²) in [5.41, 5.74) is 0. The van der Waals surface area contributed by atoms with E-state index in [1.54, 1.807) is 5.84 Å². The number of nitrogens with one attached hydrogen (secondary N) is 1. The van der Waals surface area contributed by atoms with Crippen molar-refractivity contribution in [2.24, 2.45) is 0 Å². The number of halogens is 1. The molecule has 27 heavy (non-hydrogen) atoms. The number of unbranched alkanes of at least 4 members (excludes halogenated alkanes) is 12. The molecule has 1 heterocycles. The van der Waals surface area contributed by atoms with Crippen LogP contribution in [0.5, 0.6) is 0 Å². The van der Waals surface area contributed by atoms with E-state index >= 15 is 0 Å². The van der Waals surface area contributed by atoms with Gasteiger partial charge >= 0.3 is 5.84 Å². The highest BCUT2D eigenvalue weighted by molar-refractivity contribution is 5.68. The Kier molecular flexibility index (Phi) is 19.1. The molecule has 0 bridgehead atoms. The normalized spacial score (nSPS) is 16.6. The van der Waals surface area contributed by atoms with Crippen LogP contribution in [0.3, 0.4) is 0 Å². The lowest BCUT2D eigenvalue weighted by atomic mass is 10.1. The molecular weight excluding hydrogens is 396 g/mol. The van der Waals surface area contributed by atoms with Gasteiger partial charge in [-0.3, -0.25) is 0 Å². The largest absolute Gasteiger partial charge is 1.00 e. The molecule has 1 N–H and O–H groups in total. The first-order valence-corrected chi connectivity index (χ1v) is 11.9. The number of quaternary nitrogens is 1. The quantitative estimate of drug-likeness (QED) is 0.189. The van der Waals surface area contributed by atoms with Gasteiger partial charge < -0.3 is 17.0 Å². The highest BCUT2D eigenvalue weighted by atomic mass is 79.9. The number of allylic oxidation sites excluding steroid dienone is 1. The Morgan fingerprint density at radius 3 is 2.07 bits per heavy atom. The van der Waals surface area contributed by atoms with Crippen molar-refractivity contribution in [3.05, 3.63) is 12.7 Å². The van der Waals surface area contributed by atoms with Crippen molar-refractivity contribution in [3.8, 4) is 0 Å². The molecule has 0 spiro atoms. The third-order valence-electron chi connectivity index (χ3n) is 6.01. The summed E-state index contributed by atoms with van der Waals surface area (Å²) in [7, 11) is 0. The predicted octanol–water partition coefficient (Wildman–Crippen LogP) is 2.38. The molecular formula is C24H48BrN2+. The van der Waals surface area contributed by atoms with Gasteiger partial charge in [0, 0.05) is 0 Å². The molecule has 0 saturated heterocycles. The van der Waals surface area contributed by atoms with Gasteiger partial charge in [-0.25, -0.2) is 4.90 Å². The molecule has 160 valence electrons. The molecule has 0 aromatic heterocycles. The summed E-state index contributed by atoms with van der Waals surface area (Å²) in [6.07, 6.45) is 23.0. The molecule has 1 unspecified atom stereocenters. The first-order chi connectivity index (χ1) is 12.8. The molecule has 2 nitrogen and oxygen atoms in total. The molecule has 1 rings (SSSR count). The second-order valence-electron chi connectivity index (χ2n) is 8.20. The van der Waals surface area contributed by atoms with Crippen LogP contribution >= 0.6 is 0 Å². The Hall–Kier alpha value is -0.150. The fraction of sp³-hybridized carbons (Fsp3) is 0.875. The van der Waals surface area contributed by atoms with E-state index in [4.69, 9.17) is 0 Å². The van der Waals surface area contributed by atoms with Crippen molar-refractivity contribution in [1.29, 1.82) is 0 Å². The number of nitrogens with zero attached hydrogens (tertiary/aromatic N) is 1. The van der Waals surface area contributed by atoms with Crippen LogP contribution in [0.1, 0.15) is 110 Å². The van der Waals surface area contributed by atoms with Crippen molar-refractivity contribution < 1.29 is 26.5 Å². The molecule has 1 aliphatic heterocycles. The van der Waals surface area contributed by atoms with Crippen molar-refractivity contribution in [1.82, 2.24) is 0 Å². The Bertz CT molecular complexity index is 379. The Labute approximate surface area is 181 Å². The molecule has 0 amide bonds. The zero-order valence-electron chi connectivity index (χ0n) is 18.5. The maximum absolute atomic E-state index is 3.80. The third-order valence-corrected chi connectivity index (χ3v) is 6.01. The van der Waals surface area contributed by atoms with Crippen molar-refractivity contribution in [2.75, 3.05) is 26.2 Å². The molecule has 1 atom stereocenters. The molecule has 0 radical (unpaired) electrons. The SMILES string of the molecule is C=CCCCCCCCCC[NH+]1CC[N+](CC)=C1CCCCCCCC.[Br-]. The van der Waals surface area contributed by atoms with Crippen molar-refractivity contribution in [3.63, 3.8) is 0 Å². The van der Waals surface area contributed by atoms with Crippen LogP contribution in [-0.4, -0.2) is 36.6 Å². The summed E-state index contributed by atoms with van der Waals surface area (Å²) in [5, 5.41) is 0. The van der Waals surface area contributed by atoms with E-state index in [1.807, 2.05) is 4.90 Å². The predicted molar refractivity (Wildman–Crippen MR) is 116 cm³/mol. The van der Waals surface area contributed by atoms with Gasteiger partial charge in [0.1, 0.15) is 13.1 Å². The van der Waals surface area contributed by atoms with Gasteiger partial charge in [0.2, 0.25) is 0 Å². The third kappa shape index (κ3) is 12.8. The van der Waals surface area contributed by atoms with E-state index in [9.17, 15) is 0 Å². The molecule has 3 heteroatoms. The van der Waals surface area contributed by atoms with Crippen LogP contribution in [0.25, 0.3) is 0 Å². The summed E-state index contributed by atoms with van der Waals surface area (Å²) < 4.78 is 2.67. The zero-order valence-corrected chi connectivity index (χ0v) is 20.1. The first-order valence-electron chi connectivity index (χ1n) is 11.9. The second-order valence-corrected chi connectivity index (χ2v) is 8.20. The second kappa shape index (κ2) is 19.2. The van der Waals surface area contributed by atoms with Gasteiger partial charge in [0.15, 0.2) is 6.54 Å². The lowest BCUT2D eigenvalue weighted by Gasteiger charge is -2.11. The smallest absolute Gasteiger partial charge is 0.336 e. The summed E-state index contributed by atoms with van der Waals surface area (Å²) in [4.78, 5) is 1.81. The summed E-state index contributed by atoms with van der Waals surface area (Å²) in [6.45, 7) is 13.7. The minimum absolute atomic E-state index is 0. The van der Waals surface area contributed by atoms with Gasteiger partial charge in [-0.2, -0.15) is 4.58 Å². The average Bonchev–Trinajstić information content (AvgIpc) is 3.05. The Morgan fingerprint density at radius 2 is 1.44 bits per heavy atom. The fourth-order valence-corrected chi connectivity index (χ4v) is 4.31. The number of hydrogen-bond donors (Lipinski definition) is 1. The van der Waals surface area contributed by atoms with Crippen LogP contribution in [0.2, 0.25) is 0 Å². The van der Waals surface area contributed by atoms with Gasteiger partial charge in [-0.15, -0.1) is 6.58 Å². The molecule has 0 aliphatic carbocycles. The van der Waals surface area contributed by atoms with Gasteiger partial charge in [-0.05, 0) is 39.0 Å².